The largest absolute Gasteiger partial charge is 0.347 e. The summed E-state index contributed by atoms with van der Waals surface area (Å²) in [5.41, 5.74) is 0.489. The Labute approximate surface area is 146 Å². The lowest BCUT2D eigenvalue weighted by Gasteiger charge is -2.40. The van der Waals surface area contributed by atoms with Crippen LogP contribution >= 0.6 is 11.5 Å². The zero-order valence-corrected chi connectivity index (χ0v) is 14.6. The van der Waals surface area contributed by atoms with Crippen LogP contribution in [-0.2, 0) is 0 Å². The van der Waals surface area contributed by atoms with E-state index in [0.717, 1.165) is 24.3 Å². The van der Waals surface area contributed by atoms with E-state index in [1.165, 1.54) is 62.8 Å². The van der Waals surface area contributed by atoms with Crippen LogP contribution < -0.4 is 4.90 Å². The van der Waals surface area contributed by atoms with Crippen LogP contribution in [0.5, 0.6) is 0 Å². The van der Waals surface area contributed by atoms with Gasteiger partial charge in [-0.05, 0) is 50.9 Å². The third-order valence-electron chi connectivity index (χ3n) is 5.17. The third kappa shape index (κ3) is 3.30. The number of hydrogen-bond donors (Lipinski definition) is 0. The summed E-state index contributed by atoms with van der Waals surface area (Å²) >= 11 is 1.38. The molecule has 0 aliphatic carbocycles. The van der Waals surface area contributed by atoms with Crippen molar-refractivity contribution in [3.63, 3.8) is 0 Å². The number of aromatic nitrogens is 2. The molecule has 0 amide bonds. The van der Waals surface area contributed by atoms with E-state index >= 15 is 0 Å². The smallest absolute Gasteiger partial charge is 0.205 e. The summed E-state index contributed by atoms with van der Waals surface area (Å²) in [5, 5.41) is 0.922. The fraction of sp³-hybridized carbons (Fsp3) is 0.556. The van der Waals surface area contributed by atoms with Crippen LogP contribution in [-0.4, -0.2) is 46.5 Å². The first-order valence-electron chi connectivity index (χ1n) is 8.89. The second kappa shape index (κ2) is 7.15. The molecule has 0 atom stereocenters. The summed E-state index contributed by atoms with van der Waals surface area (Å²) in [6.07, 6.45) is 6.47. The van der Waals surface area contributed by atoms with Crippen molar-refractivity contribution < 1.29 is 4.39 Å². The van der Waals surface area contributed by atoms with E-state index in [-0.39, 0.29) is 5.82 Å². The predicted molar refractivity (Wildman–Crippen MR) is 96.0 cm³/mol. The van der Waals surface area contributed by atoms with Crippen LogP contribution in [0.25, 0.3) is 11.4 Å². The maximum atomic E-state index is 13.9. The number of halogens is 1. The van der Waals surface area contributed by atoms with Crippen LogP contribution in [0, 0.1) is 5.82 Å². The van der Waals surface area contributed by atoms with Crippen molar-refractivity contribution in [2.24, 2.45) is 0 Å². The molecule has 3 heterocycles. The molecule has 0 unspecified atom stereocenters. The molecule has 4 nitrogen and oxygen atoms in total. The molecule has 2 aliphatic heterocycles. The monoisotopic (exact) mass is 346 g/mol. The Morgan fingerprint density at radius 3 is 2.50 bits per heavy atom. The summed E-state index contributed by atoms with van der Waals surface area (Å²) in [6.45, 7) is 4.57. The lowest BCUT2D eigenvalue weighted by Crippen LogP contribution is -2.46. The standard InChI is InChI=1S/C18H23FN4S/c19-16-7-3-2-6-15(16)17-20-18(24-21-17)23-12-8-14(9-13-23)22-10-4-1-5-11-22/h2-3,6-7,14H,1,4-5,8-13H2. The molecule has 2 saturated heterocycles. The first-order valence-corrected chi connectivity index (χ1v) is 9.66. The Morgan fingerprint density at radius 1 is 1.00 bits per heavy atom. The molecule has 4 rings (SSSR count). The molecule has 24 heavy (non-hydrogen) atoms. The van der Waals surface area contributed by atoms with Gasteiger partial charge in [-0.3, -0.25) is 0 Å². The van der Waals surface area contributed by atoms with Gasteiger partial charge in [-0.25, -0.2) is 4.39 Å². The Kier molecular flexibility index (Phi) is 4.76. The summed E-state index contributed by atoms with van der Waals surface area (Å²) in [4.78, 5) is 9.56. The fourth-order valence-corrected chi connectivity index (χ4v) is 4.53. The van der Waals surface area contributed by atoms with Gasteiger partial charge in [0, 0.05) is 30.7 Å². The highest BCUT2D eigenvalue weighted by Crippen LogP contribution is 2.29. The van der Waals surface area contributed by atoms with Crippen LogP contribution in [0.15, 0.2) is 24.3 Å². The van der Waals surface area contributed by atoms with Gasteiger partial charge in [-0.1, -0.05) is 18.6 Å². The van der Waals surface area contributed by atoms with E-state index in [0.29, 0.717) is 11.4 Å². The number of hydrogen-bond acceptors (Lipinski definition) is 5. The summed E-state index contributed by atoms with van der Waals surface area (Å²) in [7, 11) is 0. The first kappa shape index (κ1) is 16.0. The van der Waals surface area contributed by atoms with Gasteiger partial charge in [-0.15, -0.1) is 0 Å². The Morgan fingerprint density at radius 2 is 1.75 bits per heavy atom. The van der Waals surface area contributed by atoms with Gasteiger partial charge in [0.1, 0.15) is 5.82 Å². The van der Waals surface area contributed by atoms with Crippen molar-refractivity contribution in [3.8, 4) is 11.4 Å². The SMILES string of the molecule is Fc1ccccc1-c1nsc(N2CCC(N3CCCCC3)CC2)n1. The van der Waals surface area contributed by atoms with Gasteiger partial charge in [0.05, 0.1) is 5.56 Å². The highest BCUT2D eigenvalue weighted by atomic mass is 32.1. The van der Waals surface area contributed by atoms with Crippen LogP contribution in [0.2, 0.25) is 0 Å². The van der Waals surface area contributed by atoms with Gasteiger partial charge in [0.15, 0.2) is 5.82 Å². The quantitative estimate of drug-likeness (QED) is 0.846. The zero-order chi connectivity index (χ0) is 16.4. The number of benzene rings is 1. The van der Waals surface area contributed by atoms with E-state index in [9.17, 15) is 4.39 Å². The van der Waals surface area contributed by atoms with Crippen LogP contribution in [0.3, 0.4) is 0 Å². The van der Waals surface area contributed by atoms with Crippen molar-refractivity contribution in [3.05, 3.63) is 30.1 Å². The number of piperidine rings is 2. The van der Waals surface area contributed by atoms with Crippen molar-refractivity contribution >= 4 is 16.7 Å². The molecule has 0 radical (unpaired) electrons. The fourth-order valence-electron chi connectivity index (χ4n) is 3.80. The number of anilines is 1. The molecule has 0 N–H and O–H groups in total. The maximum absolute atomic E-state index is 13.9. The summed E-state index contributed by atoms with van der Waals surface area (Å²) in [5.74, 6) is 0.247. The van der Waals surface area contributed by atoms with E-state index in [4.69, 9.17) is 0 Å². The lowest BCUT2D eigenvalue weighted by molar-refractivity contribution is 0.141. The van der Waals surface area contributed by atoms with Crippen molar-refractivity contribution in [2.45, 2.75) is 38.1 Å². The van der Waals surface area contributed by atoms with Crippen molar-refractivity contribution in [1.29, 1.82) is 0 Å². The van der Waals surface area contributed by atoms with Gasteiger partial charge < -0.3 is 9.80 Å². The molecule has 2 fully saturated rings. The molecular weight excluding hydrogens is 323 g/mol. The summed E-state index contributed by atoms with van der Waals surface area (Å²) < 4.78 is 18.3. The van der Waals surface area contributed by atoms with Crippen LogP contribution in [0.1, 0.15) is 32.1 Å². The predicted octanol–water partition coefficient (Wildman–Crippen LogP) is 3.80. The average molecular weight is 346 g/mol. The molecule has 0 bridgehead atoms. The topological polar surface area (TPSA) is 32.3 Å². The Bertz CT molecular complexity index is 675. The minimum absolute atomic E-state index is 0.259. The van der Waals surface area contributed by atoms with Crippen molar-refractivity contribution in [2.75, 3.05) is 31.1 Å². The van der Waals surface area contributed by atoms with Gasteiger partial charge in [0.25, 0.3) is 0 Å². The Hall–Kier alpha value is -1.53. The second-order valence-electron chi connectivity index (χ2n) is 6.70. The van der Waals surface area contributed by atoms with Gasteiger partial charge >= 0.3 is 0 Å². The molecular formula is C18H23FN4S. The molecule has 0 saturated carbocycles. The molecule has 2 aliphatic rings. The summed E-state index contributed by atoms with van der Waals surface area (Å²) in [6, 6.07) is 7.44. The molecule has 2 aromatic rings. The number of nitrogens with zero attached hydrogens (tertiary/aromatic N) is 4. The van der Waals surface area contributed by atoms with Crippen molar-refractivity contribution in [1.82, 2.24) is 14.3 Å². The molecule has 0 spiro atoms. The molecule has 6 heteroatoms. The maximum Gasteiger partial charge on any atom is 0.205 e. The minimum Gasteiger partial charge on any atom is -0.347 e. The zero-order valence-electron chi connectivity index (χ0n) is 13.8. The molecule has 128 valence electrons. The van der Waals surface area contributed by atoms with E-state index in [2.05, 4.69) is 19.2 Å². The highest BCUT2D eigenvalue weighted by Gasteiger charge is 2.27. The highest BCUT2D eigenvalue weighted by molar-refractivity contribution is 7.09. The van der Waals surface area contributed by atoms with E-state index in [1.807, 2.05) is 6.07 Å². The Balaban J connectivity index is 1.40. The number of likely N-dealkylation sites (tertiary alicyclic amines) is 1. The molecule has 1 aromatic heterocycles. The molecule has 1 aromatic carbocycles. The second-order valence-corrected chi connectivity index (χ2v) is 7.43. The normalized spacial score (nSPS) is 20.5. The van der Waals surface area contributed by atoms with E-state index < -0.39 is 0 Å². The van der Waals surface area contributed by atoms with E-state index in [1.54, 1.807) is 12.1 Å². The van der Waals surface area contributed by atoms with Gasteiger partial charge in [0.2, 0.25) is 5.13 Å². The number of rotatable bonds is 3. The minimum atomic E-state index is -0.259. The lowest BCUT2D eigenvalue weighted by atomic mass is 10.0. The average Bonchev–Trinajstić information content (AvgIpc) is 3.13. The van der Waals surface area contributed by atoms with Crippen LogP contribution in [0.4, 0.5) is 9.52 Å². The van der Waals surface area contributed by atoms with Gasteiger partial charge in [-0.2, -0.15) is 9.36 Å². The first-order chi connectivity index (χ1) is 11.8. The third-order valence-corrected chi connectivity index (χ3v) is 5.95.